The molecule has 1 aliphatic heterocycles. The van der Waals surface area contributed by atoms with Gasteiger partial charge >= 0.3 is 0 Å². The van der Waals surface area contributed by atoms with Gasteiger partial charge in [0.05, 0.1) is 17.5 Å². The van der Waals surface area contributed by atoms with Gasteiger partial charge in [-0.15, -0.1) is 0 Å². The van der Waals surface area contributed by atoms with Crippen molar-refractivity contribution in [3.05, 3.63) is 72.3 Å². The first-order chi connectivity index (χ1) is 12.7. The Balaban J connectivity index is 1.32. The number of nitrogens with zero attached hydrogens (tertiary/aromatic N) is 1. The summed E-state index contributed by atoms with van der Waals surface area (Å²) >= 11 is 0. The van der Waals surface area contributed by atoms with Crippen molar-refractivity contribution in [3.8, 4) is 5.75 Å². The van der Waals surface area contributed by atoms with Crippen LogP contribution in [0.2, 0.25) is 0 Å². The van der Waals surface area contributed by atoms with Crippen LogP contribution < -0.4 is 9.64 Å². The van der Waals surface area contributed by atoms with Gasteiger partial charge in [-0.25, -0.2) is 0 Å². The summed E-state index contributed by atoms with van der Waals surface area (Å²) in [5.74, 6) is 0.779. The van der Waals surface area contributed by atoms with Crippen LogP contribution in [0.3, 0.4) is 0 Å². The van der Waals surface area contributed by atoms with Crippen LogP contribution in [-0.4, -0.2) is 11.8 Å². The quantitative estimate of drug-likeness (QED) is 0.629. The number of anilines is 1. The number of hydrogen-bond acceptors (Lipinski definition) is 3. The number of carbonyl (C=O) groups is 2. The van der Waals surface area contributed by atoms with Crippen LogP contribution in [0.1, 0.15) is 12.0 Å². The van der Waals surface area contributed by atoms with Crippen LogP contribution in [0, 0.1) is 23.7 Å². The number of hydrogen-bond donors (Lipinski definition) is 0. The van der Waals surface area contributed by atoms with Crippen molar-refractivity contribution in [2.75, 3.05) is 4.90 Å². The minimum Gasteiger partial charge on any atom is -0.489 e. The summed E-state index contributed by atoms with van der Waals surface area (Å²) in [6, 6.07) is 17.2. The van der Waals surface area contributed by atoms with Crippen LogP contribution in [0.4, 0.5) is 5.69 Å². The normalized spacial score (nSPS) is 28.7. The molecule has 2 fully saturated rings. The second-order valence-electron chi connectivity index (χ2n) is 7.28. The van der Waals surface area contributed by atoms with E-state index in [0.29, 0.717) is 12.3 Å². The molecule has 0 N–H and O–H groups in total. The topological polar surface area (TPSA) is 46.6 Å². The average Bonchev–Trinajstić information content (AvgIpc) is 3.35. The fraction of sp³-hybridized carbons (Fsp3) is 0.273. The third kappa shape index (κ3) is 2.29. The van der Waals surface area contributed by atoms with Crippen LogP contribution in [0.5, 0.6) is 5.75 Å². The number of amides is 2. The van der Waals surface area contributed by atoms with E-state index in [1.165, 1.54) is 4.90 Å². The lowest BCUT2D eigenvalue weighted by Gasteiger charge is -2.17. The smallest absolute Gasteiger partial charge is 0.238 e. The summed E-state index contributed by atoms with van der Waals surface area (Å²) in [5.41, 5.74) is 1.73. The zero-order valence-corrected chi connectivity index (χ0v) is 14.2. The number of allylic oxidation sites excluding steroid dienone is 2. The van der Waals surface area contributed by atoms with Crippen molar-refractivity contribution >= 4 is 17.5 Å². The van der Waals surface area contributed by atoms with Crippen molar-refractivity contribution in [1.82, 2.24) is 0 Å². The van der Waals surface area contributed by atoms with Crippen molar-refractivity contribution in [2.24, 2.45) is 23.7 Å². The second kappa shape index (κ2) is 5.84. The van der Waals surface area contributed by atoms with E-state index in [-0.39, 0.29) is 35.5 Å². The highest BCUT2D eigenvalue weighted by molar-refractivity contribution is 6.22. The van der Waals surface area contributed by atoms with Gasteiger partial charge in [-0.3, -0.25) is 14.5 Å². The van der Waals surface area contributed by atoms with E-state index in [1.54, 1.807) is 12.1 Å². The molecule has 2 aromatic rings. The van der Waals surface area contributed by atoms with Gasteiger partial charge in [0, 0.05) is 0 Å². The zero-order chi connectivity index (χ0) is 17.7. The second-order valence-corrected chi connectivity index (χ2v) is 7.28. The first kappa shape index (κ1) is 15.4. The Morgan fingerprint density at radius 1 is 0.846 bits per heavy atom. The maximum Gasteiger partial charge on any atom is 0.238 e. The molecule has 2 aromatic carbocycles. The molecule has 26 heavy (non-hydrogen) atoms. The highest BCUT2D eigenvalue weighted by Gasteiger charge is 2.59. The molecule has 2 aliphatic carbocycles. The highest BCUT2D eigenvalue weighted by atomic mass is 16.5. The van der Waals surface area contributed by atoms with Gasteiger partial charge in [0.25, 0.3) is 0 Å². The van der Waals surface area contributed by atoms with E-state index < -0.39 is 0 Å². The molecule has 0 radical (unpaired) electrons. The van der Waals surface area contributed by atoms with Crippen LogP contribution >= 0.6 is 0 Å². The van der Waals surface area contributed by atoms with Crippen molar-refractivity contribution in [3.63, 3.8) is 0 Å². The SMILES string of the molecule is O=C1C2C3C=CC(C3)C2C(=O)N1c1ccc(OCc2ccccc2)cc1. The molecule has 4 heteroatoms. The maximum absolute atomic E-state index is 12.8. The molecule has 2 bridgehead atoms. The van der Waals surface area contributed by atoms with Gasteiger partial charge in [0.1, 0.15) is 12.4 Å². The number of fused-ring (bicyclic) bond motifs is 5. The lowest BCUT2D eigenvalue weighted by molar-refractivity contribution is -0.123. The molecule has 5 rings (SSSR count). The summed E-state index contributed by atoms with van der Waals surface area (Å²) < 4.78 is 5.78. The van der Waals surface area contributed by atoms with E-state index in [4.69, 9.17) is 4.74 Å². The molecule has 3 aliphatic rings. The van der Waals surface area contributed by atoms with Gasteiger partial charge in [-0.2, -0.15) is 0 Å². The van der Waals surface area contributed by atoms with Crippen molar-refractivity contribution in [1.29, 1.82) is 0 Å². The Bertz CT molecular complexity index is 857. The average molecular weight is 345 g/mol. The molecule has 4 atom stereocenters. The first-order valence-electron chi connectivity index (χ1n) is 9.05. The van der Waals surface area contributed by atoms with E-state index in [1.807, 2.05) is 42.5 Å². The number of ether oxygens (including phenoxy) is 1. The van der Waals surface area contributed by atoms with E-state index in [0.717, 1.165) is 17.7 Å². The summed E-state index contributed by atoms with van der Waals surface area (Å²) in [4.78, 5) is 27.0. The van der Waals surface area contributed by atoms with E-state index in [2.05, 4.69) is 12.2 Å². The minimum absolute atomic E-state index is 0.0465. The Morgan fingerprint density at radius 3 is 2.08 bits per heavy atom. The van der Waals surface area contributed by atoms with Gasteiger partial charge in [-0.05, 0) is 48.1 Å². The molecule has 1 saturated heterocycles. The minimum atomic E-state index is -0.161. The number of benzene rings is 2. The Labute approximate surface area is 152 Å². The van der Waals surface area contributed by atoms with E-state index in [9.17, 15) is 9.59 Å². The summed E-state index contributed by atoms with van der Waals surface area (Å²) in [5, 5.41) is 0. The number of rotatable bonds is 4. The van der Waals surface area contributed by atoms with Crippen molar-refractivity contribution in [2.45, 2.75) is 13.0 Å². The summed E-state index contributed by atoms with van der Waals surface area (Å²) in [6.07, 6.45) is 5.18. The van der Waals surface area contributed by atoms with E-state index >= 15 is 0 Å². The third-order valence-corrected chi connectivity index (χ3v) is 5.81. The molecule has 130 valence electrons. The maximum atomic E-state index is 12.8. The molecule has 1 saturated carbocycles. The molecule has 0 aromatic heterocycles. The molecule has 1 heterocycles. The fourth-order valence-corrected chi connectivity index (χ4v) is 4.59. The lowest BCUT2D eigenvalue weighted by Crippen LogP contribution is -2.32. The van der Waals surface area contributed by atoms with Gasteiger partial charge in [-0.1, -0.05) is 42.5 Å². The Morgan fingerprint density at radius 2 is 1.46 bits per heavy atom. The monoisotopic (exact) mass is 345 g/mol. The standard InChI is InChI=1S/C22H19NO3/c24-21-19-15-6-7-16(12-15)20(19)22(25)23(21)17-8-10-18(11-9-17)26-13-14-4-2-1-3-5-14/h1-11,15-16,19-20H,12-13H2. The molecular formula is C22H19NO3. The summed E-state index contributed by atoms with van der Waals surface area (Å²) in [7, 11) is 0. The molecule has 4 nitrogen and oxygen atoms in total. The molecule has 2 amide bonds. The summed E-state index contributed by atoms with van der Waals surface area (Å²) in [6.45, 7) is 0.487. The zero-order valence-electron chi connectivity index (χ0n) is 14.2. The lowest BCUT2D eigenvalue weighted by atomic mass is 9.85. The van der Waals surface area contributed by atoms with Crippen LogP contribution in [0.15, 0.2) is 66.7 Å². The van der Waals surface area contributed by atoms with Gasteiger partial charge in [0.2, 0.25) is 11.8 Å². The molecule has 0 spiro atoms. The van der Waals surface area contributed by atoms with Crippen molar-refractivity contribution < 1.29 is 14.3 Å². The Kier molecular flexibility index (Phi) is 3.45. The van der Waals surface area contributed by atoms with Crippen LogP contribution in [0.25, 0.3) is 0 Å². The fourth-order valence-electron chi connectivity index (χ4n) is 4.59. The van der Waals surface area contributed by atoms with Gasteiger partial charge < -0.3 is 4.74 Å². The number of imide groups is 1. The largest absolute Gasteiger partial charge is 0.489 e. The highest BCUT2D eigenvalue weighted by Crippen LogP contribution is 2.53. The molecular weight excluding hydrogens is 326 g/mol. The van der Waals surface area contributed by atoms with Crippen LogP contribution in [-0.2, 0) is 16.2 Å². The molecule has 4 unspecified atom stereocenters. The number of carbonyl (C=O) groups excluding carboxylic acids is 2. The van der Waals surface area contributed by atoms with Gasteiger partial charge in [0.15, 0.2) is 0 Å². The first-order valence-corrected chi connectivity index (χ1v) is 9.05. The Hall–Kier alpha value is -2.88. The predicted molar refractivity (Wildman–Crippen MR) is 97.4 cm³/mol. The third-order valence-electron chi connectivity index (χ3n) is 5.81. The predicted octanol–water partition coefficient (Wildman–Crippen LogP) is 3.58.